The van der Waals surface area contributed by atoms with E-state index in [1.165, 1.54) is 0 Å². The number of aromatic amines is 3. The van der Waals surface area contributed by atoms with E-state index in [2.05, 4.69) is 30.7 Å². The first kappa shape index (κ1) is 15.9. The van der Waals surface area contributed by atoms with E-state index in [4.69, 9.17) is 0 Å². The number of hydrogen-bond donors (Lipinski definition) is 5. The Morgan fingerprint density at radius 2 is 2.12 bits per heavy atom. The third-order valence-electron chi connectivity index (χ3n) is 4.20. The summed E-state index contributed by atoms with van der Waals surface area (Å²) in [6.45, 7) is 0.527. The molecule has 8 nitrogen and oxygen atoms in total. The molecule has 0 aliphatic rings. The second kappa shape index (κ2) is 6.75. The van der Waals surface area contributed by atoms with Crippen molar-refractivity contribution in [1.29, 1.82) is 0 Å². The van der Waals surface area contributed by atoms with Crippen molar-refractivity contribution < 1.29 is 9.90 Å². The number of amides is 1. The third kappa shape index (κ3) is 3.16. The fourth-order valence-electron chi connectivity index (χ4n) is 2.95. The molecule has 3 heterocycles. The van der Waals surface area contributed by atoms with Gasteiger partial charge in [-0.25, -0.2) is 5.10 Å². The number of fused-ring (bicyclic) bond motifs is 1. The SMILES string of the molecule is O=C(NCCCc1cc(O)[nH]n1)c1cccc2[nH]c(-c3cc[nH]n3)cc12. The lowest BCUT2D eigenvalue weighted by molar-refractivity contribution is 0.0955. The third-order valence-corrected chi connectivity index (χ3v) is 4.20. The van der Waals surface area contributed by atoms with E-state index < -0.39 is 0 Å². The van der Waals surface area contributed by atoms with Gasteiger partial charge in [0.15, 0.2) is 0 Å². The molecule has 0 fully saturated rings. The molecule has 0 saturated heterocycles. The Morgan fingerprint density at radius 1 is 1.19 bits per heavy atom. The average Bonchev–Trinajstić information content (AvgIpc) is 3.37. The van der Waals surface area contributed by atoms with Gasteiger partial charge in [-0.3, -0.25) is 9.89 Å². The van der Waals surface area contributed by atoms with Crippen molar-refractivity contribution >= 4 is 16.8 Å². The van der Waals surface area contributed by atoms with Gasteiger partial charge < -0.3 is 15.4 Å². The Kier molecular flexibility index (Phi) is 4.14. The maximum absolute atomic E-state index is 12.6. The standard InChI is InChI=1S/C18H18N6O2/c25-17-9-11(22-24-17)3-2-7-19-18(26)12-4-1-5-14-13(12)10-16(21-14)15-6-8-20-23-15/h1,4-6,8-10,21H,2-3,7H2,(H,19,26)(H,20,23)(H2,22,24,25). The molecule has 3 aromatic heterocycles. The molecule has 0 aliphatic carbocycles. The molecular formula is C18H18N6O2. The van der Waals surface area contributed by atoms with Crippen LogP contribution in [0.25, 0.3) is 22.3 Å². The first-order chi connectivity index (χ1) is 12.7. The van der Waals surface area contributed by atoms with Crippen LogP contribution in [0, 0.1) is 0 Å². The number of nitrogens with zero attached hydrogens (tertiary/aromatic N) is 2. The Morgan fingerprint density at radius 3 is 2.88 bits per heavy atom. The summed E-state index contributed by atoms with van der Waals surface area (Å²) >= 11 is 0. The topological polar surface area (TPSA) is 122 Å². The number of benzene rings is 1. The zero-order valence-corrected chi connectivity index (χ0v) is 13.9. The number of aryl methyl sites for hydroxylation is 1. The monoisotopic (exact) mass is 350 g/mol. The molecule has 0 saturated carbocycles. The fraction of sp³-hybridized carbons (Fsp3) is 0.167. The molecule has 1 aromatic carbocycles. The number of hydrogen-bond acceptors (Lipinski definition) is 4. The van der Waals surface area contributed by atoms with E-state index in [1.807, 2.05) is 30.3 Å². The number of nitrogens with one attached hydrogen (secondary N) is 4. The summed E-state index contributed by atoms with van der Waals surface area (Å²) in [6, 6.07) is 11.0. The number of rotatable bonds is 6. The molecule has 5 N–H and O–H groups in total. The zero-order chi connectivity index (χ0) is 17.9. The van der Waals surface area contributed by atoms with E-state index in [1.54, 1.807) is 12.3 Å². The Hall–Kier alpha value is -3.55. The molecule has 132 valence electrons. The minimum Gasteiger partial charge on any atom is -0.494 e. The van der Waals surface area contributed by atoms with Crippen LogP contribution in [0.3, 0.4) is 0 Å². The Labute approximate surface area is 148 Å². The lowest BCUT2D eigenvalue weighted by Gasteiger charge is -2.05. The van der Waals surface area contributed by atoms with E-state index in [-0.39, 0.29) is 11.8 Å². The summed E-state index contributed by atoms with van der Waals surface area (Å²) in [6.07, 6.45) is 3.17. The summed E-state index contributed by atoms with van der Waals surface area (Å²) in [5.41, 5.74) is 3.95. The largest absolute Gasteiger partial charge is 0.494 e. The number of aromatic nitrogens is 5. The summed E-state index contributed by atoms with van der Waals surface area (Å²) in [7, 11) is 0. The molecule has 0 bridgehead atoms. The maximum atomic E-state index is 12.6. The van der Waals surface area contributed by atoms with Crippen molar-refractivity contribution in [1.82, 2.24) is 30.7 Å². The molecule has 0 aliphatic heterocycles. The number of aromatic hydroxyl groups is 1. The highest BCUT2D eigenvalue weighted by molar-refractivity contribution is 6.07. The van der Waals surface area contributed by atoms with Gasteiger partial charge in [-0.2, -0.15) is 10.2 Å². The lowest BCUT2D eigenvalue weighted by Crippen LogP contribution is -2.24. The van der Waals surface area contributed by atoms with Crippen LogP contribution < -0.4 is 5.32 Å². The highest BCUT2D eigenvalue weighted by Crippen LogP contribution is 2.25. The minimum absolute atomic E-state index is 0.0517. The van der Waals surface area contributed by atoms with Gasteiger partial charge in [0.2, 0.25) is 5.88 Å². The Balaban J connectivity index is 1.44. The van der Waals surface area contributed by atoms with Crippen molar-refractivity contribution in [3.8, 4) is 17.3 Å². The average molecular weight is 350 g/mol. The van der Waals surface area contributed by atoms with Gasteiger partial charge in [-0.1, -0.05) is 6.07 Å². The maximum Gasteiger partial charge on any atom is 0.251 e. The predicted molar refractivity (Wildman–Crippen MR) is 96.8 cm³/mol. The van der Waals surface area contributed by atoms with Crippen LogP contribution in [-0.2, 0) is 6.42 Å². The van der Waals surface area contributed by atoms with Crippen LogP contribution in [-0.4, -0.2) is 42.9 Å². The van der Waals surface area contributed by atoms with Gasteiger partial charge in [0.1, 0.15) is 5.69 Å². The van der Waals surface area contributed by atoms with E-state index in [9.17, 15) is 9.90 Å². The summed E-state index contributed by atoms with van der Waals surface area (Å²) in [4.78, 5) is 15.8. The Bertz CT molecular complexity index is 1030. The molecule has 1 amide bonds. The van der Waals surface area contributed by atoms with Gasteiger partial charge >= 0.3 is 0 Å². The molecular weight excluding hydrogens is 332 g/mol. The van der Waals surface area contributed by atoms with E-state index in [0.29, 0.717) is 18.5 Å². The van der Waals surface area contributed by atoms with Crippen molar-refractivity contribution in [2.75, 3.05) is 6.54 Å². The van der Waals surface area contributed by atoms with Gasteiger partial charge in [0.05, 0.1) is 11.4 Å². The van der Waals surface area contributed by atoms with Crippen LogP contribution in [0.1, 0.15) is 22.5 Å². The van der Waals surface area contributed by atoms with Crippen molar-refractivity contribution in [3.63, 3.8) is 0 Å². The molecule has 0 unspecified atom stereocenters. The normalized spacial score (nSPS) is 11.1. The van der Waals surface area contributed by atoms with Crippen molar-refractivity contribution in [2.24, 2.45) is 0 Å². The second-order valence-corrected chi connectivity index (χ2v) is 6.01. The van der Waals surface area contributed by atoms with Gasteiger partial charge in [0, 0.05) is 35.3 Å². The van der Waals surface area contributed by atoms with Crippen molar-refractivity contribution in [3.05, 3.63) is 53.9 Å². The van der Waals surface area contributed by atoms with Gasteiger partial charge in [-0.05, 0) is 37.1 Å². The highest BCUT2D eigenvalue weighted by Gasteiger charge is 2.13. The number of carbonyl (C=O) groups is 1. The van der Waals surface area contributed by atoms with Crippen LogP contribution in [0.15, 0.2) is 42.6 Å². The predicted octanol–water partition coefficient (Wildman–Crippen LogP) is 2.35. The summed E-state index contributed by atoms with van der Waals surface area (Å²) < 4.78 is 0. The van der Waals surface area contributed by atoms with Crippen LogP contribution in [0.2, 0.25) is 0 Å². The van der Waals surface area contributed by atoms with Gasteiger partial charge in [-0.15, -0.1) is 0 Å². The number of carbonyl (C=O) groups excluding carboxylic acids is 1. The first-order valence-corrected chi connectivity index (χ1v) is 8.34. The zero-order valence-electron chi connectivity index (χ0n) is 13.9. The molecule has 4 aromatic rings. The van der Waals surface area contributed by atoms with E-state index in [0.717, 1.165) is 34.4 Å². The molecule has 0 atom stereocenters. The summed E-state index contributed by atoms with van der Waals surface area (Å²) in [5, 5.41) is 26.4. The molecule has 8 heteroatoms. The lowest BCUT2D eigenvalue weighted by atomic mass is 10.1. The van der Waals surface area contributed by atoms with E-state index >= 15 is 0 Å². The smallest absolute Gasteiger partial charge is 0.251 e. The van der Waals surface area contributed by atoms with Crippen molar-refractivity contribution in [2.45, 2.75) is 12.8 Å². The first-order valence-electron chi connectivity index (χ1n) is 8.34. The quantitative estimate of drug-likeness (QED) is 0.343. The second-order valence-electron chi connectivity index (χ2n) is 6.01. The summed E-state index contributed by atoms with van der Waals surface area (Å²) in [5.74, 6) is -0.0658. The van der Waals surface area contributed by atoms with Gasteiger partial charge in [0.25, 0.3) is 5.91 Å². The van der Waals surface area contributed by atoms with Crippen LogP contribution in [0.4, 0.5) is 0 Å². The molecule has 26 heavy (non-hydrogen) atoms. The van der Waals surface area contributed by atoms with Crippen LogP contribution >= 0.6 is 0 Å². The van der Waals surface area contributed by atoms with Crippen LogP contribution in [0.5, 0.6) is 5.88 Å². The fourth-order valence-corrected chi connectivity index (χ4v) is 2.95. The highest BCUT2D eigenvalue weighted by atomic mass is 16.3. The molecule has 0 radical (unpaired) electrons. The number of H-pyrrole nitrogens is 3. The molecule has 4 rings (SSSR count). The molecule has 0 spiro atoms. The minimum atomic E-state index is -0.118.